The summed E-state index contributed by atoms with van der Waals surface area (Å²) in [6.45, 7) is 8.81. The molecule has 0 saturated heterocycles. The van der Waals surface area contributed by atoms with Crippen molar-refractivity contribution in [3.63, 3.8) is 0 Å². The Balaban J connectivity index is 1.70. The van der Waals surface area contributed by atoms with E-state index in [9.17, 15) is 9.59 Å². The van der Waals surface area contributed by atoms with Crippen LogP contribution in [-0.2, 0) is 13.2 Å². The number of benzene rings is 1. The van der Waals surface area contributed by atoms with Crippen molar-refractivity contribution in [1.29, 1.82) is 0 Å². The zero-order valence-electron chi connectivity index (χ0n) is 17.6. The second kappa shape index (κ2) is 8.86. The molecule has 0 fully saturated rings. The molecule has 8 nitrogen and oxygen atoms in total. The summed E-state index contributed by atoms with van der Waals surface area (Å²) in [7, 11) is 0. The predicted octanol–water partition coefficient (Wildman–Crippen LogP) is 3.86. The monoisotopic (exact) mass is 410 g/mol. The molecule has 0 bridgehead atoms. The van der Waals surface area contributed by atoms with E-state index in [-0.39, 0.29) is 23.7 Å². The zero-order valence-corrected chi connectivity index (χ0v) is 17.6. The van der Waals surface area contributed by atoms with Crippen molar-refractivity contribution in [2.75, 3.05) is 5.32 Å². The normalized spacial score (nSPS) is 11.0. The molecule has 0 atom stereocenters. The number of amides is 2. The van der Waals surface area contributed by atoms with Crippen molar-refractivity contribution < 1.29 is 18.7 Å². The molecule has 0 aliphatic heterocycles. The standard InChI is InChI=1S/C22H26N4O4/c1-5-26-11-17(20(25-26)21(23)27)24-22(28)18-9-7-15(30-18)12-29-19-10-14(4)6-8-16(19)13(2)3/h6-11,13H,5,12H2,1-4H3,(H2,23,27)(H,24,28). The van der Waals surface area contributed by atoms with E-state index >= 15 is 0 Å². The number of primary amides is 1. The third kappa shape index (κ3) is 4.71. The fourth-order valence-corrected chi connectivity index (χ4v) is 3.01. The summed E-state index contributed by atoms with van der Waals surface area (Å²) < 4.78 is 13.1. The van der Waals surface area contributed by atoms with Crippen molar-refractivity contribution in [2.24, 2.45) is 5.73 Å². The van der Waals surface area contributed by atoms with Crippen molar-refractivity contribution in [3.05, 3.63) is 64.9 Å². The van der Waals surface area contributed by atoms with Gasteiger partial charge in [0.05, 0.1) is 5.69 Å². The van der Waals surface area contributed by atoms with Gasteiger partial charge in [0, 0.05) is 12.7 Å². The number of nitrogens with one attached hydrogen (secondary N) is 1. The average molecular weight is 410 g/mol. The van der Waals surface area contributed by atoms with Crippen LogP contribution >= 0.6 is 0 Å². The molecule has 0 spiro atoms. The number of hydrogen-bond donors (Lipinski definition) is 2. The molecule has 3 aromatic rings. The van der Waals surface area contributed by atoms with Gasteiger partial charge >= 0.3 is 0 Å². The first-order valence-corrected chi connectivity index (χ1v) is 9.79. The van der Waals surface area contributed by atoms with Crippen LogP contribution in [0.5, 0.6) is 5.75 Å². The molecule has 1 aromatic carbocycles. The molecule has 2 heterocycles. The predicted molar refractivity (Wildman–Crippen MR) is 113 cm³/mol. The minimum Gasteiger partial charge on any atom is -0.485 e. The summed E-state index contributed by atoms with van der Waals surface area (Å²) in [5, 5.41) is 6.67. The number of anilines is 1. The first kappa shape index (κ1) is 21.2. The average Bonchev–Trinajstić information content (AvgIpc) is 3.33. The van der Waals surface area contributed by atoms with Crippen LogP contribution in [0.3, 0.4) is 0 Å². The van der Waals surface area contributed by atoms with E-state index in [1.807, 2.05) is 19.9 Å². The van der Waals surface area contributed by atoms with Crippen molar-refractivity contribution in [2.45, 2.75) is 46.8 Å². The molecule has 3 N–H and O–H groups in total. The van der Waals surface area contributed by atoms with E-state index in [1.165, 1.54) is 4.68 Å². The summed E-state index contributed by atoms with van der Waals surface area (Å²) >= 11 is 0. The number of nitrogens with two attached hydrogens (primary N) is 1. The Morgan fingerprint density at radius 3 is 2.70 bits per heavy atom. The number of rotatable bonds is 8. The van der Waals surface area contributed by atoms with Gasteiger partial charge in [0.25, 0.3) is 11.8 Å². The van der Waals surface area contributed by atoms with E-state index in [2.05, 4.69) is 36.4 Å². The lowest BCUT2D eigenvalue weighted by molar-refractivity contribution is 0.0992. The topological polar surface area (TPSA) is 112 Å². The van der Waals surface area contributed by atoms with E-state index < -0.39 is 11.8 Å². The lowest BCUT2D eigenvalue weighted by Gasteiger charge is -2.14. The highest BCUT2D eigenvalue weighted by Crippen LogP contribution is 2.28. The Morgan fingerprint density at radius 2 is 2.03 bits per heavy atom. The Kier molecular flexibility index (Phi) is 6.25. The van der Waals surface area contributed by atoms with E-state index in [1.54, 1.807) is 18.3 Å². The smallest absolute Gasteiger partial charge is 0.291 e. The largest absolute Gasteiger partial charge is 0.485 e. The van der Waals surface area contributed by atoms with Crippen molar-refractivity contribution >= 4 is 17.5 Å². The number of carbonyl (C=O) groups is 2. The van der Waals surface area contributed by atoms with Crippen LogP contribution in [0.4, 0.5) is 5.69 Å². The first-order valence-electron chi connectivity index (χ1n) is 9.79. The summed E-state index contributed by atoms with van der Waals surface area (Å²) in [6, 6.07) is 9.34. The van der Waals surface area contributed by atoms with Crippen LogP contribution in [0.1, 0.15) is 64.6 Å². The van der Waals surface area contributed by atoms with Crippen LogP contribution in [0.25, 0.3) is 0 Å². The Morgan fingerprint density at radius 1 is 1.27 bits per heavy atom. The minimum atomic E-state index is -0.717. The molecule has 0 radical (unpaired) electrons. The summed E-state index contributed by atoms with van der Waals surface area (Å²) in [6.07, 6.45) is 1.55. The molecule has 3 rings (SSSR count). The highest BCUT2D eigenvalue weighted by atomic mass is 16.5. The minimum absolute atomic E-state index is 0.000903. The number of nitrogens with zero attached hydrogens (tertiary/aromatic N) is 2. The highest BCUT2D eigenvalue weighted by molar-refractivity contribution is 6.06. The van der Waals surface area contributed by atoms with Gasteiger partial charge in [0.1, 0.15) is 18.1 Å². The van der Waals surface area contributed by atoms with E-state index in [4.69, 9.17) is 14.9 Å². The van der Waals surface area contributed by atoms with Crippen LogP contribution in [0.2, 0.25) is 0 Å². The van der Waals surface area contributed by atoms with E-state index in [0.29, 0.717) is 18.2 Å². The Labute approximate surface area is 175 Å². The van der Waals surface area contributed by atoms with Gasteiger partial charge in [-0.3, -0.25) is 14.3 Å². The third-order valence-corrected chi connectivity index (χ3v) is 4.61. The molecule has 30 heavy (non-hydrogen) atoms. The SMILES string of the molecule is CCn1cc(NC(=O)c2ccc(COc3cc(C)ccc3C(C)C)o2)c(C(N)=O)n1. The number of carbonyl (C=O) groups excluding carboxylic acids is 2. The van der Waals surface area contributed by atoms with Gasteiger partial charge < -0.3 is 20.2 Å². The van der Waals surface area contributed by atoms with Gasteiger partial charge in [-0.25, -0.2) is 0 Å². The van der Waals surface area contributed by atoms with Crippen LogP contribution in [0.15, 0.2) is 40.9 Å². The molecule has 158 valence electrons. The molecule has 0 unspecified atom stereocenters. The molecular weight excluding hydrogens is 384 g/mol. The van der Waals surface area contributed by atoms with Gasteiger partial charge in [-0.1, -0.05) is 26.0 Å². The van der Waals surface area contributed by atoms with Gasteiger partial charge in [-0.2, -0.15) is 5.10 Å². The fourth-order valence-electron chi connectivity index (χ4n) is 3.01. The van der Waals surface area contributed by atoms with Crippen LogP contribution < -0.4 is 15.8 Å². The lowest BCUT2D eigenvalue weighted by atomic mass is 10.0. The summed E-state index contributed by atoms with van der Waals surface area (Å²) in [4.78, 5) is 24.1. The number of hydrogen-bond acceptors (Lipinski definition) is 5. The number of aryl methyl sites for hydroxylation is 2. The second-order valence-corrected chi connectivity index (χ2v) is 7.32. The van der Waals surface area contributed by atoms with Gasteiger partial charge in [-0.15, -0.1) is 0 Å². The molecular formula is C22H26N4O4. The number of furan rings is 1. The maximum Gasteiger partial charge on any atom is 0.291 e. The summed E-state index contributed by atoms with van der Waals surface area (Å²) in [5.41, 5.74) is 7.79. The maximum absolute atomic E-state index is 12.5. The van der Waals surface area contributed by atoms with Crippen molar-refractivity contribution in [3.8, 4) is 5.75 Å². The van der Waals surface area contributed by atoms with Gasteiger partial charge in [-0.05, 0) is 49.1 Å². The van der Waals surface area contributed by atoms with E-state index in [0.717, 1.165) is 16.9 Å². The third-order valence-electron chi connectivity index (χ3n) is 4.61. The zero-order chi connectivity index (χ0) is 21.8. The fraction of sp³-hybridized carbons (Fsp3) is 0.318. The molecule has 0 aliphatic carbocycles. The van der Waals surface area contributed by atoms with Gasteiger partial charge in [0.15, 0.2) is 11.5 Å². The Hall–Kier alpha value is -3.55. The molecule has 0 saturated carbocycles. The second-order valence-electron chi connectivity index (χ2n) is 7.32. The number of ether oxygens (including phenoxy) is 1. The number of aromatic nitrogens is 2. The molecule has 0 aliphatic rings. The van der Waals surface area contributed by atoms with Gasteiger partial charge in [0.2, 0.25) is 0 Å². The lowest BCUT2D eigenvalue weighted by Crippen LogP contribution is -2.17. The first-order chi connectivity index (χ1) is 14.3. The molecule has 2 amide bonds. The Bertz CT molecular complexity index is 1070. The highest BCUT2D eigenvalue weighted by Gasteiger charge is 2.19. The maximum atomic E-state index is 12.5. The quantitative estimate of drug-likeness (QED) is 0.586. The van der Waals surface area contributed by atoms with Crippen molar-refractivity contribution in [1.82, 2.24) is 9.78 Å². The molecule has 8 heteroatoms. The van der Waals surface area contributed by atoms with Crippen LogP contribution in [0, 0.1) is 6.92 Å². The molecule has 2 aromatic heterocycles. The van der Waals surface area contributed by atoms with Crippen LogP contribution in [-0.4, -0.2) is 21.6 Å². The summed E-state index contributed by atoms with van der Waals surface area (Å²) in [5.74, 6) is 0.507.